The summed E-state index contributed by atoms with van der Waals surface area (Å²) in [4.78, 5) is 1.24. The number of rotatable bonds is 5. The minimum atomic E-state index is 0.199. The molecule has 0 bridgehead atoms. The van der Waals surface area contributed by atoms with Crippen LogP contribution >= 0.6 is 27.7 Å². The fourth-order valence-electron chi connectivity index (χ4n) is 2.80. The van der Waals surface area contributed by atoms with Gasteiger partial charge in [0.25, 0.3) is 0 Å². The van der Waals surface area contributed by atoms with Gasteiger partial charge >= 0.3 is 0 Å². The van der Waals surface area contributed by atoms with E-state index >= 15 is 0 Å². The monoisotopic (exact) mass is 388 g/mol. The van der Waals surface area contributed by atoms with Crippen LogP contribution < -0.4 is 5.73 Å². The van der Waals surface area contributed by atoms with E-state index < -0.39 is 0 Å². The van der Waals surface area contributed by atoms with Crippen molar-refractivity contribution in [2.24, 2.45) is 12.8 Å². The minimum absolute atomic E-state index is 0.199. The van der Waals surface area contributed by atoms with E-state index in [0.717, 1.165) is 17.3 Å². The Bertz CT molecular complexity index is 808. The summed E-state index contributed by atoms with van der Waals surface area (Å²) < 4.78 is 3.40. The first-order valence-corrected chi connectivity index (χ1v) is 9.46. The molecule has 1 atom stereocenters. The quantitative estimate of drug-likeness (QED) is 0.636. The molecule has 0 saturated carbocycles. The van der Waals surface area contributed by atoms with Crippen LogP contribution in [0.4, 0.5) is 0 Å². The molecule has 0 fully saturated rings. The molecule has 1 unspecified atom stereocenters. The van der Waals surface area contributed by atoms with E-state index in [1.54, 1.807) is 0 Å². The molecule has 23 heavy (non-hydrogen) atoms. The number of para-hydroxylation sites is 1. The highest BCUT2D eigenvalue weighted by molar-refractivity contribution is 9.10. The van der Waals surface area contributed by atoms with Gasteiger partial charge < -0.3 is 10.3 Å². The summed E-state index contributed by atoms with van der Waals surface area (Å²) in [5, 5.41) is 2.61. The Morgan fingerprint density at radius 1 is 1.13 bits per heavy atom. The number of hydrogen-bond acceptors (Lipinski definition) is 2. The van der Waals surface area contributed by atoms with Crippen LogP contribution in [-0.2, 0) is 13.5 Å². The number of aromatic nitrogens is 1. The van der Waals surface area contributed by atoms with Gasteiger partial charge in [0.1, 0.15) is 0 Å². The van der Waals surface area contributed by atoms with Crippen molar-refractivity contribution in [2.75, 3.05) is 0 Å². The zero-order valence-electron chi connectivity index (χ0n) is 13.4. The van der Waals surface area contributed by atoms with Crippen LogP contribution in [0.2, 0.25) is 0 Å². The van der Waals surface area contributed by atoms with Gasteiger partial charge in [-0.1, -0.05) is 52.8 Å². The van der Waals surface area contributed by atoms with Crippen molar-refractivity contribution in [1.82, 2.24) is 4.57 Å². The average molecular weight is 389 g/mol. The Morgan fingerprint density at radius 3 is 2.52 bits per heavy atom. The third kappa shape index (κ3) is 3.49. The summed E-state index contributed by atoms with van der Waals surface area (Å²) in [5.74, 6) is 0. The highest BCUT2D eigenvalue weighted by Crippen LogP contribution is 2.37. The molecule has 0 radical (unpaired) electrons. The molecule has 0 aliphatic heterocycles. The summed E-state index contributed by atoms with van der Waals surface area (Å²) in [7, 11) is 2.14. The van der Waals surface area contributed by atoms with Crippen molar-refractivity contribution < 1.29 is 0 Å². The standard InChI is InChI=1S/C19H21BrN2S/c1-3-14(21)12-17-16-6-4-5-7-18(16)22(2)19(17)23-15-10-8-13(20)9-11-15/h4-11,14H,3,12,21H2,1-2H3. The van der Waals surface area contributed by atoms with E-state index in [-0.39, 0.29) is 6.04 Å². The Hall–Kier alpha value is -1.23. The van der Waals surface area contributed by atoms with E-state index in [4.69, 9.17) is 5.73 Å². The Kier molecular flexibility index (Phi) is 5.14. The summed E-state index contributed by atoms with van der Waals surface area (Å²) in [6, 6.07) is 17.3. The van der Waals surface area contributed by atoms with Gasteiger partial charge in [-0.05, 0) is 48.7 Å². The molecule has 1 aromatic heterocycles. The second kappa shape index (κ2) is 7.12. The number of benzene rings is 2. The zero-order valence-corrected chi connectivity index (χ0v) is 15.8. The van der Waals surface area contributed by atoms with Crippen LogP contribution in [0.15, 0.2) is 62.9 Å². The van der Waals surface area contributed by atoms with Crippen molar-refractivity contribution in [3.05, 3.63) is 58.6 Å². The molecule has 1 heterocycles. The third-order valence-corrected chi connectivity index (χ3v) is 5.92. The van der Waals surface area contributed by atoms with Gasteiger partial charge in [0.05, 0.1) is 5.03 Å². The first-order chi connectivity index (χ1) is 11.1. The first kappa shape index (κ1) is 16.6. The van der Waals surface area contributed by atoms with Crippen LogP contribution in [-0.4, -0.2) is 10.6 Å². The molecule has 0 aliphatic rings. The number of hydrogen-bond donors (Lipinski definition) is 1. The zero-order chi connectivity index (χ0) is 16.4. The SMILES string of the molecule is CCC(N)Cc1c(Sc2ccc(Br)cc2)n(C)c2ccccc12. The number of fused-ring (bicyclic) bond motifs is 1. The highest BCUT2D eigenvalue weighted by atomic mass is 79.9. The lowest BCUT2D eigenvalue weighted by Gasteiger charge is -2.11. The average Bonchev–Trinajstić information content (AvgIpc) is 2.83. The van der Waals surface area contributed by atoms with Crippen molar-refractivity contribution >= 4 is 38.6 Å². The molecule has 0 aliphatic carbocycles. The molecule has 2 aromatic carbocycles. The van der Waals surface area contributed by atoms with Gasteiger partial charge in [0.15, 0.2) is 0 Å². The van der Waals surface area contributed by atoms with Crippen LogP contribution in [0.3, 0.4) is 0 Å². The van der Waals surface area contributed by atoms with E-state index in [0.29, 0.717) is 0 Å². The molecule has 0 spiro atoms. The van der Waals surface area contributed by atoms with E-state index in [1.807, 2.05) is 11.8 Å². The Labute approximate surface area is 150 Å². The largest absolute Gasteiger partial charge is 0.338 e. The van der Waals surface area contributed by atoms with Crippen LogP contribution in [0, 0.1) is 0 Å². The number of aryl methyl sites for hydroxylation is 1. The van der Waals surface area contributed by atoms with Crippen LogP contribution in [0.25, 0.3) is 10.9 Å². The van der Waals surface area contributed by atoms with E-state index in [2.05, 4.69) is 83.0 Å². The summed E-state index contributed by atoms with van der Waals surface area (Å²) >= 11 is 5.31. The minimum Gasteiger partial charge on any atom is -0.338 e. The normalized spacial score (nSPS) is 12.7. The van der Waals surface area contributed by atoms with Gasteiger partial charge in [-0.2, -0.15) is 0 Å². The van der Waals surface area contributed by atoms with Crippen LogP contribution in [0.5, 0.6) is 0 Å². The molecule has 3 rings (SSSR count). The second-order valence-electron chi connectivity index (χ2n) is 5.79. The molecule has 2 nitrogen and oxygen atoms in total. The Balaban J connectivity index is 2.08. The van der Waals surface area contributed by atoms with Gasteiger partial charge in [-0.25, -0.2) is 0 Å². The molecule has 0 saturated heterocycles. The summed E-state index contributed by atoms with van der Waals surface area (Å²) in [5.41, 5.74) is 8.90. The van der Waals surface area contributed by atoms with Crippen molar-refractivity contribution in [1.29, 1.82) is 0 Å². The topological polar surface area (TPSA) is 30.9 Å². The maximum absolute atomic E-state index is 6.26. The van der Waals surface area contributed by atoms with E-state index in [1.165, 1.54) is 26.4 Å². The summed E-state index contributed by atoms with van der Waals surface area (Å²) in [6.07, 6.45) is 1.91. The number of nitrogens with two attached hydrogens (primary N) is 1. The first-order valence-electron chi connectivity index (χ1n) is 7.85. The number of halogens is 1. The molecule has 3 aromatic rings. The van der Waals surface area contributed by atoms with Crippen molar-refractivity contribution in [3.8, 4) is 0 Å². The molecular formula is C19H21BrN2S. The van der Waals surface area contributed by atoms with Crippen molar-refractivity contribution in [2.45, 2.75) is 35.7 Å². The Morgan fingerprint density at radius 2 is 1.83 bits per heavy atom. The highest BCUT2D eigenvalue weighted by Gasteiger charge is 2.17. The molecule has 2 N–H and O–H groups in total. The molecule has 120 valence electrons. The van der Waals surface area contributed by atoms with Crippen molar-refractivity contribution in [3.63, 3.8) is 0 Å². The lowest BCUT2D eigenvalue weighted by Crippen LogP contribution is -2.21. The number of nitrogens with zero attached hydrogens (tertiary/aromatic N) is 1. The fraction of sp³-hybridized carbons (Fsp3) is 0.263. The lowest BCUT2D eigenvalue weighted by atomic mass is 10.0. The molecule has 4 heteroatoms. The molecular weight excluding hydrogens is 368 g/mol. The maximum Gasteiger partial charge on any atom is 0.0838 e. The van der Waals surface area contributed by atoms with E-state index in [9.17, 15) is 0 Å². The predicted molar refractivity (Wildman–Crippen MR) is 103 cm³/mol. The van der Waals surface area contributed by atoms with Gasteiger partial charge in [-0.3, -0.25) is 0 Å². The third-order valence-electron chi connectivity index (χ3n) is 4.17. The maximum atomic E-state index is 6.26. The van der Waals surface area contributed by atoms with Gasteiger partial charge in [0, 0.05) is 33.4 Å². The smallest absolute Gasteiger partial charge is 0.0838 e. The fourth-order valence-corrected chi connectivity index (χ4v) is 4.11. The van der Waals surface area contributed by atoms with Gasteiger partial charge in [0.2, 0.25) is 0 Å². The lowest BCUT2D eigenvalue weighted by molar-refractivity contribution is 0.638. The second-order valence-corrected chi connectivity index (χ2v) is 7.77. The predicted octanol–water partition coefficient (Wildman–Crippen LogP) is 5.37. The van der Waals surface area contributed by atoms with Crippen LogP contribution in [0.1, 0.15) is 18.9 Å². The summed E-state index contributed by atoms with van der Waals surface area (Å²) in [6.45, 7) is 2.15. The molecule has 0 amide bonds. The van der Waals surface area contributed by atoms with Gasteiger partial charge in [-0.15, -0.1) is 0 Å².